The number of nitrogens with zero attached hydrogens (tertiary/aromatic N) is 5. The van der Waals surface area contributed by atoms with E-state index in [9.17, 15) is 4.79 Å². The Kier molecular flexibility index (Phi) is 4.33. The van der Waals surface area contributed by atoms with Crippen molar-refractivity contribution < 1.29 is 9.32 Å². The molecule has 0 aliphatic carbocycles. The van der Waals surface area contributed by atoms with Crippen molar-refractivity contribution >= 4 is 33.3 Å². The molecular weight excluding hydrogens is 392 g/mol. The van der Waals surface area contributed by atoms with Gasteiger partial charge in [-0.1, -0.05) is 23.4 Å². The molecule has 144 valence electrons. The first-order chi connectivity index (χ1) is 14.3. The summed E-state index contributed by atoms with van der Waals surface area (Å²) in [7, 11) is 0. The Hall–Kier alpha value is -3.86. The van der Waals surface area contributed by atoms with Gasteiger partial charge in [0.05, 0.1) is 5.69 Å². The van der Waals surface area contributed by atoms with Crippen LogP contribution in [0.4, 0.5) is 5.13 Å². The Morgan fingerprint density at radius 1 is 1.24 bits per heavy atom. The summed E-state index contributed by atoms with van der Waals surface area (Å²) in [5.74, 6) is 0.896. The first kappa shape index (κ1) is 17.3. The third-order valence-electron chi connectivity index (χ3n) is 4.28. The van der Waals surface area contributed by atoms with Crippen molar-refractivity contribution in [3.63, 3.8) is 0 Å². The summed E-state index contributed by atoms with van der Waals surface area (Å²) in [5.41, 5.74) is 2.87. The van der Waals surface area contributed by atoms with Crippen LogP contribution >= 0.6 is 11.3 Å². The monoisotopic (exact) mass is 406 g/mol. The van der Waals surface area contributed by atoms with E-state index in [2.05, 4.69) is 40.6 Å². The summed E-state index contributed by atoms with van der Waals surface area (Å²) >= 11 is 1.38. The molecule has 0 aliphatic rings. The van der Waals surface area contributed by atoms with E-state index in [0.29, 0.717) is 29.1 Å². The lowest BCUT2D eigenvalue weighted by Gasteiger charge is -1.99. The number of fused-ring (bicyclic) bond motifs is 1. The van der Waals surface area contributed by atoms with Crippen molar-refractivity contribution in [2.75, 3.05) is 5.32 Å². The zero-order valence-corrected chi connectivity index (χ0v) is 15.7. The van der Waals surface area contributed by atoms with E-state index in [-0.39, 0.29) is 12.3 Å². The lowest BCUT2D eigenvalue weighted by molar-refractivity contribution is -0.116. The number of hydrogen-bond donors (Lipinski definition) is 3. The maximum atomic E-state index is 12.3. The van der Waals surface area contributed by atoms with Crippen LogP contribution in [0.1, 0.15) is 12.3 Å². The van der Waals surface area contributed by atoms with Gasteiger partial charge in [-0.2, -0.15) is 10.1 Å². The molecule has 0 saturated carbocycles. The Labute approximate surface area is 167 Å². The Bertz CT molecular complexity index is 1270. The van der Waals surface area contributed by atoms with Gasteiger partial charge < -0.3 is 14.8 Å². The molecule has 1 amide bonds. The number of hydrogen-bond acceptors (Lipinski definition) is 8. The highest BCUT2D eigenvalue weighted by Crippen LogP contribution is 2.30. The number of para-hydroxylation sites is 1. The van der Waals surface area contributed by atoms with Crippen LogP contribution in [0.15, 0.2) is 46.7 Å². The number of thiazole rings is 1. The Morgan fingerprint density at radius 2 is 2.17 bits per heavy atom. The van der Waals surface area contributed by atoms with Gasteiger partial charge in [-0.15, -0.1) is 11.3 Å². The molecule has 4 heterocycles. The zero-order chi connectivity index (χ0) is 19.6. The Balaban J connectivity index is 1.22. The minimum atomic E-state index is -0.177. The van der Waals surface area contributed by atoms with Crippen LogP contribution in [-0.4, -0.2) is 41.2 Å². The number of aromatic amines is 2. The zero-order valence-electron chi connectivity index (χ0n) is 14.9. The highest BCUT2D eigenvalue weighted by atomic mass is 32.1. The number of H-pyrrole nitrogens is 2. The molecular formula is C18H14N8O2S. The van der Waals surface area contributed by atoms with Crippen LogP contribution < -0.4 is 5.32 Å². The molecule has 1 aromatic carbocycles. The molecule has 10 nitrogen and oxygen atoms in total. The molecule has 11 heteroatoms. The van der Waals surface area contributed by atoms with Gasteiger partial charge in [-0.05, 0) is 6.07 Å². The van der Waals surface area contributed by atoms with E-state index < -0.39 is 0 Å². The van der Waals surface area contributed by atoms with Crippen molar-refractivity contribution in [2.24, 2.45) is 0 Å². The van der Waals surface area contributed by atoms with Crippen LogP contribution in [0.5, 0.6) is 0 Å². The van der Waals surface area contributed by atoms with Gasteiger partial charge >= 0.3 is 0 Å². The van der Waals surface area contributed by atoms with Crippen LogP contribution in [0.2, 0.25) is 0 Å². The normalized spacial score (nSPS) is 11.2. The second-order valence-corrected chi connectivity index (χ2v) is 7.04. The largest absolute Gasteiger partial charge is 0.360 e. The van der Waals surface area contributed by atoms with Crippen LogP contribution in [0.25, 0.3) is 33.8 Å². The first-order valence-corrected chi connectivity index (χ1v) is 9.64. The molecule has 0 spiro atoms. The third-order valence-corrected chi connectivity index (χ3v) is 5.03. The number of benzene rings is 1. The van der Waals surface area contributed by atoms with E-state index >= 15 is 0 Å². The average Bonchev–Trinajstić information content (AvgIpc) is 3.52. The van der Waals surface area contributed by atoms with Crippen molar-refractivity contribution in [3.05, 3.63) is 48.1 Å². The molecule has 5 aromatic rings. The standard InChI is InChI=1S/C18H14N8O2S/c27-14(5-6-15-24-17(26-28-15)16-20-9-21-25-16)23-18-22-13(8-29-18)11-7-19-12-4-2-1-3-10(11)12/h1-4,7-9,19H,5-6H2,(H,20,21,25)(H,22,23,27). The summed E-state index contributed by atoms with van der Waals surface area (Å²) < 4.78 is 5.14. The molecule has 0 radical (unpaired) electrons. The fraction of sp³-hybridized carbons (Fsp3) is 0.111. The number of aromatic nitrogens is 7. The molecule has 0 aliphatic heterocycles. The minimum Gasteiger partial charge on any atom is -0.360 e. The highest BCUT2D eigenvalue weighted by Gasteiger charge is 2.14. The maximum Gasteiger partial charge on any atom is 0.239 e. The average molecular weight is 406 g/mol. The number of anilines is 1. The van der Waals surface area contributed by atoms with Crippen LogP contribution in [-0.2, 0) is 11.2 Å². The number of carbonyl (C=O) groups is 1. The fourth-order valence-corrected chi connectivity index (χ4v) is 3.63. The quantitative estimate of drug-likeness (QED) is 0.394. The van der Waals surface area contributed by atoms with Crippen molar-refractivity contribution in [1.29, 1.82) is 0 Å². The summed E-state index contributed by atoms with van der Waals surface area (Å²) in [6, 6.07) is 8.02. The number of amides is 1. The lowest BCUT2D eigenvalue weighted by Crippen LogP contribution is -2.12. The van der Waals surface area contributed by atoms with Crippen LogP contribution in [0, 0.1) is 0 Å². The van der Waals surface area contributed by atoms with Gasteiger partial charge in [0.15, 0.2) is 11.0 Å². The lowest BCUT2D eigenvalue weighted by atomic mass is 10.1. The van der Waals surface area contributed by atoms with E-state index in [4.69, 9.17) is 4.52 Å². The fourth-order valence-electron chi connectivity index (χ4n) is 2.91. The molecule has 0 unspecified atom stereocenters. The molecule has 5 rings (SSSR count). The summed E-state index contributed by atoms with van der Waals surface area (Å²) in [5, 5.41) is 16.6. The number of rotatable bonds is 6. The van der Waals surface area contributed by atoms with Gasteiger partial charge in [-0.25, -0.2) is 9.97 Å². The second-order valence-electron chi connectivity index (χ2n) is 6.18. The van der Waals surface area contributed by atoms with Gasteiger partial charge in [0.1, 0.15) is 6.33 Å². The Morgan fingerprint density at radius 3 is 3.07 bits per heavy atom. The molecule has 0 bridgehead atoms. The summed E-state index contributed by atoms with van der Waals surface area (Å²) in [4.78, 5) is 28.2. The predicted octanol–water partition coefficient (Wildman–Crippen LogP) is 3.03. The summed E-state index contributed by atoms with van der Waals surface area (Å²) in [6.45, 7) is 0. The number of nitrogens with one attached hydrogen (secondary N) is 3. The second kappa shape index (κ2) is 7.28. The summed E-state index contributed by atoms with van der Waals surface area (Å²) in [6.07, 6.45) is 3.79. The predicted molar refractivity (Wildman–Crippen MR) is 106 cm³/mol. The smallest absolute Gasteiger partial charge is 0.239 e. The maximum absolute atomic E-state index is 12.3. The molecule has 0 fully saturated rings. The van der Waals surface area contributed by atoms with Crippen molar-refractivity contribution in [1.82, 2.24) is 35.3 Å². The number of aryl methyl sites for hydroxylation is 1. The molecule has 3 N–H and O–H groups in total. The van der Waals surface area contributed by atoms with E-state index in [1.807, 2.05) is 35.8 Å². The molecule has 29 heavy (non-hydrogen) atoms. The van der Waals surface area contributed by atoms with E-state index in [1.165, 1.54) is 17.7 Å². The van der Waals surface area contributed by atoms with Crippen molar-refractivity contribution in [3.8, 4) is 22.9 Å². The molecule has 4 aromatic heterocycles. The SMILES string of the molecule is O=C(CCc1nc(-c2ncn[nH]2)no1)Nc1nc(-c2c[nH]c3ccccc23)cs1. The molecule has 0 saturated heterocycles. The van der Waals surface area contributed by atoms with Gasteiger partial charge in [0, 0.05) is 40.9 Å². The molecule has 0 atom stereocenters. The first-order valence-electron chi connectivity index (χ1n) is 8.76. The van der Waals surface area contributed by atoms with E-state index in [1.54, 1.807) is 0 Å². The van der Waals surface area contributed by atoms with Gasteiger partial charge in [0.25, 0.3) is 0 Å². The topological polar surface area (TPSA) is 138 Å². The van der Waals surface area contributed by atoms with Crippen molar-refractivity contribution in [2.45, 2.75) is 12.8 Å². The van der Waals surface area contributed by atoms with Crippen LogP contribution in [0.3, 0.4) is 0 Å². The third kappa shape index (κ3) is 3.50. The minimum absolute atomic E-state index is 0.177. The number of carbonyl (C=O) groups excluding carboxylic acids is 1. The van der Waals surface area contributed by atoms with E-state index in [0.717, 1.165) is 22.2 Å². The van der Waals surface area contributed by atoms with Gasteiger partial charge in [0.2, 0.25) is 17.6 Å². The van der Waals surface area contributed by atoms with Gasteiger partial charge in [-0.3, -0.25) is 9.89 Å². The highest BCUT2D eigenvalue weighted by molar-refractivity contribution is 7.14.